The summed E-state index contributed by atoms with van der Waals surface area (Å²) >= 11 is 0. The molecule has 0 radical (unpaired) electrons. The molecule has 5 nitrogen and oxygen atoms in total. The molecule has 1 aromatic rings. The summed E-state index contributed by atoms with van der Waals surface area (Å²) in [6.07, 6.45) is 5.21. The normalized spacial score (nSPS) is 20.3. The van der Waals surface area contributed by atoms with Gasteiger partial charge in [-0.15, -0.1) is 0 Å². The number of nitrogens with two attached hydrogens (primary N) is 1. The molecule has 1 aliphatic rings. The average molecular weight is 290 g/mol. The fraction of sp³-hybridized carbons (Fsp3) is 0.438. The van der Waals surface area contributed by atoms with E-state index in [2.05, 4.69) is 5.32 Å². The predicted molar refractivity (Wildman–Crippen MR) is 81.5 cm³/mol. The van der Waals surface area contributed by atoms with Gasteiger partial charge in [0, 0.05) is 12.6 Å². The second-order valence-electron chi connectivity index (χ2n) is 5.12. The Morgan fingerprint density at radius 3 is 2.67 bits per heavy atom. The summed E-state index contributed by atoms with van der Waals surface area (Å²) in [4.78, 5) is 11.9. The van der Waals surface area contributed by atoms with Crippen molar-refractivity contribution in [2.24, 2.45) is 11.7 Å². The fourth-order valence-electron chi connectivity index (χ4n) is 2.42. The lowest BCUT2D eigenvalue weighted by atomic mass is 10.1. The smallest absolute Gasteiger partial charge is 0.227 e. The van der Waals surface area contributed by atoms with Crippen LogP contribution in [-0.4, -0.2) is 32.7 Å². The van der Waals surface area contributed by atoms with Gasteiger partial charge >= 0.3 is 0 Å². The highest BCUT2D eigenvalue weighted by molar-refractivity contribution is 5.81. The van der Waals surface area contributed by atoms with Crippen molar-refractivity contribution in [2.45, 2.75) is 18.9 Å². The summed E-state index contributed by atoms with van der Waals surface area (Å²) < 4.78 is 10.5. The van der Waals surface area contributed by atoms with Crippen molar-refractivity contribution < 1.29 is 14.3 Å². The van der Waals surface area contributed by atoms with Crippen LogP contribution in [0.25, 0.3) is 0 Å². The molecule has 1 aliphatic carbocycles. The van der Waals surface area contributed by atoms with Crippen molar-refractivity contribution in [3.63, 3.8) is 0 Å². The van der Waals surface area contributed by atoms with Crippen molar-refractivity contribution in [3.05, 3.63) is 35.9 Å². The predicted octanol–water partition coefficient (Wildman–Crippen LogP) is 1.27. The van der Waals surface area contributed by atoms with E-state index in [9.17, 15) is 4.79 Å². The molecule has 0 spiro atoms. The Morgan fingerprint density at radius 2 is 2.05 bits per heavy atom. The Morgan fingerprint density at radius 1 is 1.29 bits per heavy atom. The average Bonchev–Trinajstić information content (AvgIpc) is 2.93. The van der Waals surface area contributed by atoms with E-state index < -0.39 is 0 Å². The van der Waals surface area contributed by atoms with Gasteiger partial charge in [-0.2, -0.15) is 0 Å². The van der Waals surface area contributed by atoms with Gasteiger partial charge in [0.25, 0.3) is 0 Å². The van der Waals surface area contributed by atoms with Crippen molar-refractivity contribution in [1.82, 2.24) is 5.32 Å². The van der Waals surface area contributed by atoms with Gasteiger partial charge in [-0.3, -0.25) is 4.79 Å². The number of rotatable bonds is 6. The second-order valence-corrected chi connectivity index (χ2v) is 5.12. The summed E-state index contributed by atoms with van der Waals surface area (Å²) in [7, 11) is 3.22. The highest BCUT2D eigenvalue weighted by atomic mass is 16.5. The lowest BCUT2D eigenvalue weighted by Gasteiger charge is -2.12. The first-order valence-electron chi connectivity index (χ1n) is 7.06. The van der Waals surface area contributed by atoms with E-state index in [1.807, 2.05) is 30.4 Å². The van der Waals surface area contributed by atoms with Crippen molar-refractivity contribution >= 4 is 5.91 Å². The van der Waals surface area contributed by atoms with Crippen molar-refractivity contribution in [3.8, 4) is 11.5 Å². The van der Waals surface area contributed by atoms with E-state index in [0.29, 0.717) is 24.5 Å². The largest absolute Gasteiger partial charge is 0.493 e. The van der Waals surface area contributed by atoms with E-state index in [1.165, 1.54) is 0 Å². The Balaban J connectivity index is 1.83. The maximum Gasteiger partial charge on any atom is 0.227 e. The van der Waals surface area contributed by atoms with E-state index in [1.54, 1.807) is 14.2 Å². The van der Waals surface area contributed by atoms with Gasteiger partial charge in [-0.25, -0.2) is 0 Å². The zero-order valence-corrected chi connectivity index (χ0v) is 12.5. The van der Waals surface area contributed by atoms with E-state index in [4.69, 9.17) is 15.2 Å². The van der Waals surface area contributed by atoms with Gasteiger partial charge in [-0.05, 0) is 30.5 Å². The Kier molecular flexibility index (Phi) is 5.22. The fourth-order valence-corrected chi connectivity index (χ4v) is 2.42. The number of ether oxygens (including phenoxy) is 2. The standard InChI is InChI=1S/C16H22N2O3/c1-20-14-6-3-11(9-15(14)21-2)7-8-18-16(19)12-4-5-13(17)10-12/h3-6,9,12-13H,7-8,10,17H2,1-2H3,(H,18,19). The molecule has 3 N–H and O–H groups in total. The van der Waals surface area contributed by atoms with Gasteiger partial charge in [-0.1, -0.05) is 18.2 Å². The van der Waals surface area contributed by atoms with Gasteiger partial charge in [0.2, 0.25) is 5.91 Å². The van der Waals surface area contributed by atoms with E-state index in [-0.39, 0.29) is 17.9 Å². The number of hydrogen-bond acceptors (Lipinski definition) is 4. The van der Waals surface area contributed by atoms with E-state index >= 15 is 0 Å². The van der Waals surface area contributed by atoms with Crippen LogP contribution in [0.1, 0.15) is 12.0 Å². The van der Waals surface area contributed by atoms with Crippen LogP contribution in [0.2, 0.25) is 0 Å². The number of methoxy groups -OCH3 is 2. The Hall–Kier alpha value is -2.01. The summed E-state index contributed by atoms with van der Waals surface area (Å²) in [5, 5.41) is 2.94. The highest BCUT2D eigenvalue weighted by Gasteiger charge is 2.22. The molecular weight excluding hydrogens is 268 g/mol. The monoisotopic (exact) mass is 290 g/mol. The molecule has 1 amide bonds. The third-order valence-corrected chi connectivity index (χ3v) is 3.61. The molecule has 0 bridgehead atoms. The Labute approximate surface area is 125 Å². The molecule has 0 aliphatic heterocycles. The SMILES string of the molecule is COc1ccc(CCNC(=O)C2C=CC(N)C2)cc1OC. The van der Waals surface area contributed by atoms with Crippen LogP contribution in [0.4, 0.5) is 0 Å². The van der Waals surface area contributed by atoms with Crippen LogP contribution >= 0.6 is 0 Å². The molecular formula is C16H22N2O3. The van der Waals surface area contributed by atoms with E-state index in [0.717, 1.165) is 12.0 Å². The first kappa shape index (κ1) is 15.4. The number of benzene rings is 1. The molecule has 2 rings (SSSR count). The molecule has 1 aromatic carbocycles. The van der Waals surface area contributed by atoms with Gasteiger partial charge in [0.1, 0.15) is 0 Å². The zero-order chi connectivity index (χ0) is 15.2. The van der Waals surface area contributed by atoms with Crippen LogP contribution in [0.15, 0.2) is 30.4 Å². The lowest BCUT2D eigenvalue weighted by Crippen LogP contribution is -2.32. The molecule has 2 unspecified atom stereocenters. The summed E-state index contributed by atoms with van der Waals surface area (Å²) in [6, 6.07) is 5.77. The van der Waals surface area contributed by atoms with Crippen LogP contribution < -0.4 is 20.5 Å². The first-order chi connectivity index (χ1) is 10.1. The Bertz CT molecular complexity index is 528. The molecule has 114 valence electrons. The first-order valence-corrected chi connectivity index (χ1v) is 7.06. The quantitative estimate of drug-likeness (QED) is 0.774. The molecule has 0 aromatic heterocycles. The summed E-state index contributed by atoms with van der Waals surface area (Å²) in [6.45, 7) is 0.591. The maximum atomic E-state index is 11.9. The minimum Gasteiger partial charge on any atom is -0.493 e. The number of nitrogens with one attached hydrogen (secondary N) is 1. The van der Waals surface area contributed by atoms with Crippen LogP contribution in [0, 0.1) is 5.92 Å². The topological polar surface area (TPSA) is 73.6 Å². The highest BCUT2D eigenvalue weighted by Crippen LogP contribution is 2.27. The third-order valence-electron chi connectivity index (χ3n) is 3.61. The van der Waals surface area contributed by atoms with Crippen LogP contribution in [0.3, 0.4) is 0 Å². The van der Waals surface area contributed by atoms with Crippen LogP contribution in [0.5, 0.6) is 11.5 Å². The van der Waals surface area contributed by atoms with Gasteiger partial charge < -0.3 is 20.5 Å². The number of hydrogen-bond donors (Lipinski definition) is 2. The minimum absolute atomic E-state index is 0.00611. The molecule has 0 saturated carbocycles. The third kappa shape index (κ3) is 3.98. The lowest BCUT2D eigenvalue weighted by molar-refractivity contribution is -0.123. The molecule has 2 atom stereocenters. The van der Waals surface area contributed by atoms with Crippen LogP contribution in [-0.2, 0) is 11.2 Å². The summed E-state index contributed by atoms with van der Waals surface area (Å²) in [5.41, 5.74) is 6.84. The number of carbonyl (C=O) groups is 1. The molecule has 21 heavy (non-hydrogen) atoms. The molecule has 0 heterocycles. The molecule has 0 fully saturated rings. The second kappa shape index (κ2) is 7.13. The number of amides is 1. The summed E-state index contributed by atoms with van der Waals surface area (Å²) in [5.74, 6) is 1.35. The van der Waals surface area contributed by atoms with Gasteiger partial charge in [0.05, 0.1) is 20.1 Å². The number of carbonyl (C=O) groups excluding carboxylic acids is 1. The maximum absolute atomic E-state index is 11.9. The molecule has 5 heteroatoms. The van der Waals surface area contributed by atoms with Gasteiger partial charge in [0.15, 0.2) is 11.5 Å². The molecule has 0 saturated heterocycles. The minimum atomic E-state index is -0.0922. The van der Waals surface area contributed by atoms with Crippen molar-refractivity contribution in [2.75, 3.05) is 20.8 Å². The zero-order valence-electron chi connectivity index (χ0n) is 12.5. The van der Waals surface area contributed by atoms with Crippen molar-refractivity contribution in [1.29, 1.82) is 0 Å².